The van der Waals surface area contributed by atoms with Gasteiger partial charge in [0, 0.05) is 18.7 Å². The van der Waals surface area contributed by atoms with Gasteiger partial charge in [-0.05, 0) is 41.5 Å². The maximum Gasteiger partial charge on any atom is 0.266 e. The monoisotopic (exact) mass is 501 g/mol. The van der Waals surface area contributed by atoms with Gasteiger partial charge in [-0.2, -0.15) is 0 Å². The highest BCUT2D eigenvalue weighted by Crippen LogP contribution is 2.40. The van der Waals surface area contributed by atoms with E-state index >= 15 is 0 Å². The fourth-order valence-electron chi connectivity index (χ4n) is 3.16. The number of carbonyl (C=O) groups is 3. The van der Waals surface area contributed by atoms with Gasteiger partial charge in [0.05, 0.1) is 32.2 Å². The third kappa shape index (κ3) is 5.67. The molecule has 1 aliphatic heterocycles. The molecule has 0 radical (unpaired) electrons. The lowest BCUT2D eigenvalue weighted by molar-refractivity contribution is -0.255. The third-order valence-corrected chi connectivity index (χ3v) is 6.20. The van der Waals surface area contributed by atoms with Gasteiger partial charge in [0.2, 0.25) is 11.7 Å². The number of nitrogens with one attached hydrogen (secondary N) is 1. The predicted molar refractivity (Wildman–Crippen MR) is 130 cm³/mol. The number of hydrogen-bond acceptors (Lipinski definition) is 9. The number of thioether (sulfide) groups is 1. The zero-order chi connectivity index (χ0) is 24.8. The Balaban J connectivity index is 1.67. The number of nitrogens with zero attached hydrogens (tertiary/aromatic N) is 1. The van der Waals surface area contributed by atoms with Gasteiger partial charge in [-0.3, -0.25) is 14.5 Å². The van der Waals surface area contributed by atoms with Gasteiger partial charge in [-0.1, -0.05) is 36.1 Å². The Morgan fingerprint density at radius 1 is 1.09 bits per heavy atom. The third-order valence-electron chi connectivity index (χ3n) is 4.83. The Morgan fingerprint density at radius 2 is 1.71 bits per heavy atom. The first-order chi connectivity index (χ1) is 16.3. The van der Waals surface area contributed by atoms with Crippen molar-refractivity contribution in [1.82, 2.24) is 4.90 Å². The Bertz CT molecular complexity index is 1140. The summed E-state index contributed by atoms with van der Waals surface area (Å²) in [6.07, 6.45) is 1.68. The highest BCUT2D eigenvalue weighted by atomic mass is 32.2. The second kappa shape index (κ2) is 11.0. The minimum absolute atomic E-state index is 0.00609. The Kier molecular flexibility index (Phi) is 8.13. The van der Waals surface area contributed by atoms with Gasteiger partial charge >= 0.3 is 0 Å². The van der Waals surface area contributed by atoms with Gasteiger partial charge in [0.1, 0.15) is 4.32 Å². The number of ether oxygens (including phenoxy) is 3. The van der Waals surface area contributed by atoms with Crippen LogP contribution in [0.15, 0.2) is 41.3 Å². The second-order valence-electron chi connectivity index (χ2n) is 6.96. The number of carbonyl (C=O) groups excluding carboxylic acids is 3. The van der Waals surface area contributed by atoms with E-state index in [4.69, 9.17) is 26.4 Å². The zero-order valence-corrected chi connectivity index (χ0v) is 20.2. The molecule has 2 amide bonds. The summed E-state index contributed by atoms with van der Waals surface area (Å²) in [6.45, 7) is 0.0974. The number of amides is 2. The Hall–Kier alpha value is -3.57. The van der Waals surface area contributed by atoms with Crippen LogP contribution in [0.4, 0.5) is 5.69 Å². The molecule has 34 heavy (non-hydrogen) atoms. The number of aromatic carboxylic acids is 1. The fraction of sp³-hybridized carbons (Fsp3) is 0.217. The molecule has 1 heterocycles. The molecule has 0 aromatic heterocycles. The quantitative estimate of drug-likeness (QED) is 0.408. The van der Waals surface area contributed by atoms with E-state index < -0.39 is 5.97 Å². The van der Waals surface area contributed by atoms with Gasteiger partial charge in [0.15, 0.2) is 11.5 Å². The first-order valence-corrected chi connectivity index (χ1v) is 11.2. The minimum Gasteiger partial charge on any atom is -0.545 e. The number of carboxylic acids is 1. The van der Waals surface area contributed by atoms with E-state index in [0.29, 0.717) is 37.7 Å². The molecule has 0 saturated carbocycles. The summed E-state index contributed by atoms with van der Waals surface area (Å²) in [5, 5.41) is 13.5. The molecule has 2 aromatic carbocycles. The largest absolute Gasteiger partial charge is 0.545 e. The summed E-state index contributed by atoms with van der Waals surface area (Å²) in [5.74, 6) is -0.610. The van der Waals surface area contributed by atoms with E-state index in [2.05, 4.69) is 5.32 Å². The molecule has 3 rings (SSSR count). The minimum atomic E-state index is -1.30. The average Bonchev–Trinajstić information content (AvgIpc) is 3.09. The van der Waals surface area contributed by atoms with E-state index in [-0.39, 0.29) is 30.3 Å². The first-order valence-electron chi connectivity index (χ1n) is 9.94. The number of thiocarbonyl (C=S) groups is 1. The Morgan fingerprint density at radius 3 is 2.24 bits per heavy atom. The van der Waals surface area contributed by atoms with Crippen molar-refractivity contribution in [3.05, 3.63) is 52.4 Å². The summed E-state index contributed by atoms with van der Waals surface area (Å²) in [7, 11) is 4.51. The molecule has 1 fully saturated rings. The van der Waals surface area contributed by atoms with Crippen LogP contribution in [-0.4, -0.2) is 54.9 Å². The average molecular weight is 502 g/mol. The number of methoxy groups -OCH3 is 3. The number of carboxylic acid groups (broad SMARTS) is 1. The van der Waals surface area contributed by atoms with Gasteiger partial charge in [0.25, 0.3) is 5.91 Å². The number of rotatable bonds is 9. The van der Waals surface area contributed by atoms with Gasteiger partial charge in [-0.25, -0.2) is 0 Å². The smallest absolute Gasteiger partial charge is 0.266 e. The summed E-state index contributed by atoms with van der Waals surface area (Å²) >= 11 is 6.47. The summed E-state index contributed by atoms with van der Waals surface area (Å²) in [6, 6.07) is 9.02. The lowest BCUT2D eigenvalue weighted by Gasteiger charge is -2.14. The lowest BCUT2D eigenvalue weighted by atomic mass is 10.1. The van der Waals surface area contributed by atoms with Crippen LogP contribution in [0.2, 0.25) is 0 Å². The van der Waals surface area contributed by atoms with E-state index in [1.165, 1.54) is 50.5 Å². The predicted octanol–water partition coefficient (Wildman–Crippen LogP) is 2.31. The van der Waals surface area contributed by atoms with Crippen LogP contribution >= 0.6 is 24.0 Å². The molecule has 1 aliphatic rings. The van der Waals surface area contributed by atoms with Gasteiger partial charge in [-0.15, -0.1) is 0 Å². The van der Waals surface area contributed by atoms with Crippen molar-refractivity contribution in [3.63, 3.8) is 0 Å². The van der Waals surface area contributed by atoms with Crippen LogP contribution < -0.4 is 24.6 Å². The van der Waals surface area contributed by atoms with Crippen LogP contribution in [0.3, 0.4) is 0 Å². The van der Waals surface area contributed by atoms with E-state index in [1.807, 2.05) is 0 Å². The summed E-state index contributed by atoms with van der Waals surface area (Å²) in [4.78, 5) is 37.8. The second-order valence-corrected chi connectivity index (χ2v) is 8.63. The van der Waals surface area contributed by atoms with Crippen LogP contribution in [0.25, 0.3) is 6.08 Å². The summed E-state index contributed by atoms with van der Waals surface area (Å²) < 4.78 is 16.3. The van der Waals surface area contributed by atoms with E-state index in [0.717, 1.165) is 11.8 Å². The van der Waals surface area contributed by atoms with Crippen molar-refractivity contribution in [2.75, 3.05) is 33.2 Å². The van der Waals surface area contributed by atoms with Gasteiger partial charge < -0.3 is 29.4 Å². The molecular formula is C23H21N2O7S2-. The lowest BCUT2D eigenvalue weighted by Crippen LogP contribution is -2.31. The molecule has 0 spiro atoms. The van der Waals surface area contributed by atoms with Crippen molar-refractivity contribution in [3.8, 4) is 17.2 Å². The van der Waals surface area contributed by atoms with Crippen molar-refractivity contribution >= 4 is 57.8 Å². The molecular weight excluding hydrogens is 480 g/mol. The highest BCUT2D eigenvalue weighted by Gasteiger charge is 2.32. The molecule has 1 N–H and O–H groups in total. The Labute approximate surface area is 205 Å². The first kappa shape index (κ1) is 25.1. The highest BCUT2D eigenvalue weighted by molar-refractivity contribution is 8.26. The molecule has 178 valence electrons. The van der Waals surface area contributed by atoms with Crippen molar-refractivity contribution < 1.29 is 33.7 Å². The van der Waals surface area contributed by atoms with Crippen LogP contribution in [0.5, 0.6) is 17.2 Å². The number of hydrogen-bond donors (Lipinski definition) is 1. The van der Waals surface area contributed by atoms with Crippen molar-refractivity contribution in [2.24, 2.45) is 0 Å². The molecule has 2 aromatic rings. The maximum absolute atomic E-state index is 12.9. The van der Waals surface area contributed by atoms with Crippen LogP contribution in [0.1, 0.15) is 22.3 Å². The molecule has 11 heteroatoms. The van der Waals surface area contributed by atoms with Crippen LogP contribution in [0, 0.1) is 0 Å². The number of anilines is 1. The molecule has 0 atom stereocenters. The topological polar surface area (TPSA) is 117 Å². The molecule has 0 bridgehead atoms. The SMILES string of the molecule is COc1cc(/C=C2\SC(=S)N(CCC(=O)Nc3ccc(C(=O)[O-])cc3)C2=O)cc(OC)c1OC. The maximum atomic E-state index is 12.9. The molecule has 0 unspecified atom stereocenters. The van der Waals surface area contributed by atoms with E-state index in [1.54, 1.807) is 18.2 Å². The fourth-order valence-corrected chi connectivity index (χ4v) is 4.46. The van der Waals surface area contributed by atoms with Crippen molar-refractivity contribution in [1.29, 1.82) is 0 Å². The molecule has 0 aliphatic carbocycles. The van der Waals surface area contributed by atoms with E-state index in [9.17, 15) is 19.5 Å². The standard InChI is InChI=1S/C23H22N2O7S2/c1-30-16-10-13(11-17(31-2)20(16)32-3)12-18-21(27)25(23(33)34-18)9-8-19(26)24-15-6-4-14(5-7-15)22(28)29/h4-7,10-12H,8-9H2,1-3H3,(H,24,26)(H,28,29)/p-1/b18-12-. The number of benzene rings is 2. The van der Waals surface area contributed by atoms with Crippen molar-refractivity contribution in [2.45, 2.75) is 6.42 Å². The zero-order valence-electron chi connectivity index (χ0n) is 18.6. The molecule has 1 saturated heterocycles. The molecule has 9 nitrogen and oxygen atoms in total. The summed E-state index contributed by atoms with van der Waals surface area (Å²) in [5.41, 5.74) is 1.10. The normalized spacial score (nSPS) is 14.3. The van der Waals surface area contributed by atoms with Crippen LogP contribution in [-0.2, 0) is 9.59 Å².